The lowest BCUT2D eigenvalue weighted by Crippen LogP contribution is -1.91. The fraction of sp³-hybridized carbons (Fsp3) is 0. The van der Waals surface area contributed by atoms with E-state index in [1.165, 1.54) is 11.3 Å². The molecule has 0 bridgehead atoms. The van der Waals surface area contributed by atoms with E-state index in [1.807, 2.05) is 24.3 Å². The fourth-order valence-corrected chi connectivity index (χ4v) is 3.08. The Morgan fingerprint density at radius 2 is 1.67 bits per heavy atom. The number of nitrogens with zero attached hydrogens (tertiary/aromatic N) is 1. The molecule has 0 fully saturated rings. The van der Waals surface area contributed by atoms with Gasteiger partial charge in [-0.05, 0) is 24.3 Å². The van der Waals surface area contributed by atoms with Crippen molar-refractivity contribution in [3.05, 3.63) is 63.7 Å². The van der Waals surface area contributed by atoms with Crippen molar-refractivity contribution in [1.82, 2.24) is 4.98 Å². The molecule has 0 aliphatic carbocycles. The molecule has 0 radical (unpaired) electrons. The number of benzene rings is 2. The summed E-state index contributed by atoms with van der Waals surface area (Å²) in [6, 6.07) is 9.43. The number of thiazole rings is 1. The maximum atomic E-state index is 13.3. The zero-order valence-corrected chi connectivity index (χ0v) is 12.8. The summed E-state index contributed by atoms with van der Waals surface area (Å²) >= 11 is 4.62. The average Bonchev–Trinajstić information content (AvgIpc) is 2.94. The molecule has 0 aliphatic heterocycles. The van der Waals surface area contributed by atoms with E-state index in [9.17, 15) is 13.2 Å². The second-order valence-corrected chi connectivity index (χ2v) is 6.08. The van der Waals surface area contributed by atoms with Gasteiger partial charge in [0.2, 0.25) is 0 Å². The Bertz CT molecular complexity index is 793. The normalized spacial score (nSPS) is 10.9. The summed E-state index contributed by atoms with van der Waals surface area (Å²) in [6.45, 7) is 0. The van der Waals surface area contributed by atoms with Gasteiger partial charge in [0.05, 0.1) is 5.69 Å². The maximum absolute atomic E-state index is 13.3. The number of rotatable bonds is 2. The van der Waals surface area contributed by atoms with Gasteiger partial charge in [-0.15, -0.1) is 11.3 Å². The predicted molar refractivity (Wildman–Crippen MR) is 80.6 cm³/mol. The molecular weight excluding hydrogens is 363 g/mol. The Morgan fingerprint density at radius 3 is 2.33 bits per heavy atom. The van der Waals surface area contributed by atoms with Crippen LogP contribution in [0, 0.1) is 17.5 Å². The summed E-state index contributed by atoms with van der Waals surface area (Å²) in [6.07, 6.45) is 0. The first kappa shape index (κ1) is 14.3. The van der Waals surface area contributed by atoms with Crippen molar-refractivity contribution in [2.75, 3.05) is 0 Å². The zero-order valence-electron chi connectivity index (χ0n) is 10.4. The lowest BCUT2D eigenvalue weighted by atomic mass is 10.2. The van der Waals surface area contributed by atoms with Crippen LogP contribution < -0.4 is 0 Å². The van der Waals surface area contributed by atoms with Crippen LogP contribution in [0.25, 0.3) is 21.8 Å². The summed E-state index contributed by atoms with van der Waals surface area (Å²) in [5, 5.41) is 2.22. The van der Waals surface area contributed by atoms with Gasteiger partial charge < -0.3 is 0 Å². The molecule has 1 nitrogen and oxygen atoms in total. The predicted octanol–water partition coefficient (Wildman–Crippen LogP) is 5.66. The van der Waals surface area contributed by atoms with Gasteiger partial charge in [-0.3, -0.25) is 0 Å². The van der Waals surface area contributed by atoms with Gasteiger partial charge in [0.25, 0.3) is 0 Å². The van der Waals surface area contributed by atoms with Crippen LogP contribution >= 0.6 is 27.3 Å². The Balaban J connectivity index is 2.02. The Kier molecular flexibility index (Phi) is 3.82. The molecule has 0 saturated carbocycles. The van der Waals surface area contributed by atoms with Crippen molar-refractivity contribution >= 4 is 27.3 Å². The molecule has 106 valence electrons. The van der Waals surface area contributed by atoms with Crippen LogP contribution in [0.3, 0.4) is 0 Å². The highest BCUT2D eigenvalue weighted by Crippen LogP contribution is 2.31. The molecule has 21 heavy (non-hydrogen) atoms. The zero-order chi connectivity index (χ0) is 15.0. The third kappa shape index (κ3) is 2.87. The van der Waals surface area contributed by atoms with E-state index in [4.69, 9.17) is 0 Å². The van der Waals surface area contributed by atoms with E-state index in [0.717, 1.165) is 22.2 Å². The number of hydrogen-bond donors (Lipinski definition) is 0. The molecule has 0 amide bonds. The van der Waals surface area contributed by atoms with Crippen LogP contribution in [0.5, 0.6) is 0 Å². The summed E-state index contributed by atoms with van der Waals surface area (Å²) in [5.74, 6) is -3.91. The van der Waals surface area contributed by atoms with Gasteiger partial charge in [-0.1, -0.05) is 28.1 Å². The fourth-order valence-electron chi connectivity index (χ4n) is 1.87. The summed E-state index contributed by atoms with van der Waals surface area (Å²) < 4.78 is 40.4. The number of hydrogen-bond acceptors (Lipinski definition) is 2. The molecule has 0 spiro atoms. The molecule has 0 unspecified atom stereocenters. The summed E-state index contributed by atoms with van der Waals surface area (Å²) in [4.78, 5) is 4.35. The highest BCUT2D eigenvalue weighted by Gasteiger charge is 2.14. The van der Waals surface area contributed by atoms with E-state index < -0.39 is 17.5 Å². The largest absolute Gasteiger partial charge is 0.236 e. The first-order chi connectivity index (χ1) is 10.0. The highest BCUT2D eigenvalue weighted by atomic mass is 79.9. The van der Waals surface area contributed by atoms with Crippen LogP contribution in [0.2, 0.25) is 0 Å². The monoisotopic (exact) mass is 369 g/mol. The van der Waals surface area contributed by atoms with Gasteiger partial charge in [0, 0.05) is 21.0 Å². The maximum Gasteiger partial charge on any atom is 0.194 e. The van der Waals surface area contributed by atoms with Crippen LogP contribution in [-0.2, 0) is 0 Å². The lowest BCUT2D eigenvalue weighted by molar-refractivity contribution is 0.447. The minimum Gasteiger partial charge on any atom is -0.236 e. The van der Waals surface area contributed by atoms with Crippen molar-refractivity contribution in [1.29, 1.82) is 0 Å². The molecule has 0 aliphatic rings. The number of halogens is 4. The van der Waals surface area contributed by atoms with Crippen LogP contribution in [0.1, 0.15) is 0 Å². The van der Waals surface area contributed by atoms with Crippen molar-refractivity contribution in [2.45, 2.75) is 0 Å². The van der Waals surface area contributed by atoms with Crippen LogP contribution in [0.15, 0.2) is 46.3 Å². The second kappa shape index (κ2) is 5.61. The average molecular weight is 370 g/mol. The lowest BCUT2D eigenvalue weighted by Gasteiger charge is -2.00. The molecule has 0 N–H and O–H groups in total. The molecule has 3 aromatic rings. The third-order valence-electron chi connectivity index (χ3n) is 2.86. The first-order valence-electron chi connectivity index (χ1n) is 5.91. The molecule has 1 heterocycles. The molecule has 0 atom stereocenters. The Labute approximate surface area is 131 Å². The van der Waals surface area contributed by atoms with Crippen LogP contribution in [0.4, 0.5) is 13.2 Å². The first-order valence-corrected chi connectivity index (χ1v) is 7.58. The van der Waals surface area contributed by atoms with Gasteiger partial charge in [-0.25, -0.2) is 18.2 Å². The van der Waals surface area contributed by atoms with Gasteiger partial charge in [-0.2, -0.15) is 0 Å². The molecule has 1 aromatic heterocycles. The minimum atomic E-state index is -1.47. The standard InChI is InChI=1S/C15H7BrF3NS/c16-10-3-1-2-8(4-10)13-7-21-15(20-13)9-5-11(17)14(19)12(18)6-9/h1-7H. The smallest absolute Gasteiger partial charge is 0.194 e. The van der Waals surface area contributed by atoms with E-state index in [1.54, 1.807) is 5.38 Å². The minimum absolute atomic E-state index is 0.220. The molecule has 3 rings (SSSR count). The Morgan fingerprint density at radius 1 is 0.952 bits per heavy atom. The second-order valence-electron chi connectivity index (χ2n) is 4.30. The third-order valence-corrected chi connectivity index (χ3v) is 4.24. The Hall–Kier alpha value is -1.66. The summed E-state index contributed by atoms with van der Waals surface area (Å²) in [7, 11) is 0. The summed E-state index contributed by atoms with van der Waals surface area (Å²) in [5.41, 5.74) is 1.80. The van der Waals surface area contributed by atoms with Gasteiger partial charge >= 0.3 is 0 Å². The molecule has 6 heteroatoms. The van der Waals surface area contributed by atoms with Crippen molar-refractivity contribution in [3.8, 4) is 21.8 Å². The molecular formula is C15H7BrF3NS. The molecule has 0 saturated heterocycles. The number of aromatic nitrogens is 1. The van der Waals surface area contributed by atoms with E-state index in [0.29, 0.717) is 10.7 Å². The SMILES string of the molecule is Fc1cc(-c2nc(-c3cccc(Br)c3)cs2)cc(F)c1F. The van der Waals surface area contributed by atoms with Crippen LogP contribution in [-0.4, -0.2) is 4.98 Å². The van der Waals surface area contributed by atoms with E-state index in [-0.39, 0.29) is 5.56 Å². The molecule has 2 aromatic carbocycles. The topological polar surface area (TPSA) is 12.9 Å². The van der Waals surface area contributed by atoms with Gasteiger partial charge in [0.1, 0.15) is 5.01 Å². The van der Waals surface area contributed by atoms with Crippen molar-refractivity contribution in [2.24, 2.45) is 0 Å². The van der Waals surface area contributed by atoms with E-state index in [2.05, 4.69) is 20.9 Å². The van der Waals surface area contributed by atoms with E-state index >= 15 is 0 Å². The van der Waals surface area contributed by atoms with Crippen molar-refractivity contribution < 1.29 is 13.2 Å². The van der Waals surface area contributed by atoms with Crippen molar-refractivity contribution in [3.63, 3.8) is 0 Å². The highest BCUT2D eigenvalue weighted by molar-refractivity contribution is 9.10. The van der Waals surface area contributed by atoms with Gasteiger partial charge in [0.15, 0.2) is 17.5 Å². The quantitative estimate of drug-likeness (QED) is 0.531.